The average Bonchev–Trinajstić information content (AvgIpc) is 2.19. The van der Waals surface area contributed by atoms with Crippen molar-refractivity contribution in [3.8, 4) is 5.75 Å². The molecule has 0 saturated carbocycles. The van der Waals surface area contributed by atoms with Crippen LogP contribution in [0, 0.1) is 0 Å². The smallest absolute Gasteiger partial charge is 0.118 e. The molecule has 1 rings (SSSR count). The van der Waals surface area contributed by atoms with Crippen LogP contribution in [0.3, 0.4) is 0 Å². The summed E-state index contributed by atoms with van der Waals surface area (Å²) in [5, 5.41) is 0. The Morgan fingerprint density at radius 2 is 1.92 bits per heavy atom. The standard InChI is InChI=1S/C10H15NO2/c1-12-10-6-4-9(5-7-10)3-2-8-13-11/h4-7H,2-3,8,11H2,1H3. The average molecular weight is 181 g/mol. The van der Waals surface area contributed by atoms with Crippen molar-refractivity contribution in [1.29, 1.82) is 0 Å². The van der Waals surface area contributed by atoms with E-state index in [9.17, 15) is 0 Å². The van der Waals surface area contributed by atoms with E-state index in [-0.39, 0.29) is 0 Å². The number of hydrogen-bond donors (Lipinski definition) is 1. The Labute approximate surface area is 78.4 Å². The van der Waals surface area contributed by atoms with E-state index in [2.05, 4.69) is 17.0 Å². The quantitative estimate of drug-likeness (QED) is 0.553. The first-order valence-corrected chi connectivity index (χ1v) is 4.31. The second kappa shape index (κ2) is 5.56. The van der Waals surface area contributed by atoms with Gasteiger partial charge in [-0.25, -0.2) is 5.90 Å². The summed E-state index contributed by atoms with van der Waals surface area (Å²) in [5.41, 5.74) is 1.28. The number of rotatable bonds is 5. The molecule has 1 aromatic rings. The van der Waals surface area contributed by atoms with Gasteiger partial charge in [0.15, 0.2) is 0 Å². The Kier molecular flexibility index (Phi) is 4.29. The van der Waals surface area contributed by atoms with Gasteiger partial charge in [-0.05, 0) is 30.5 Å². The topological polar surface area (TPSA) is 44.5 Å². The molecule has 13 heavy (non-hydrogen) atoms. The van der Waals surface area contributed by atoms with Gasteiger partial charge in [0.25, 0.3) is 0 Å². The molecule has 3 heteroatoms. The molecule has 0 saturated heterocycles. The van der Waals surface area contributed by atoms with Crippen LogP contribution in [0.15, 0.2) is 24.3 Å². The summed E-state index contributed by atoms with van der Waals surface area (Å²) >= 11 is 0. The van der Waals surface area contributed by atoms with Crippen LogP contribution in [0.25, 0.3) is 0 Å². The minimum absolute atomic E-state index is 0.603. The highest BCUT2D eigenvalue weighted by Gasteiger charge is 1.94. The normalized spacial score (nSPS) is 10.0. The van der Waals surface area contributed by atoms with Crippen molar-refractivity contribution < 1.29 is 9.57 Å². The molecule has 0 atom stereocenters. The third kappa shape index (κ3) is 3.44. The number of hydrogen-bond acceptors (Lipinski definition) is 3. The van der Waals surface area contributed by atoms with Crippen LogP contribution in [-0.2, 0) is 11.3 Å². The molecule has 0 aliphatic heterocycles. The number of ether oxygens (including phenoxy) is 1. The molecule has 0 amide bonds. The molecule has 0 aliphatic rings. The highest BCUT2D eigenvalue weighted by atomic mass is 16.6. The number of nitrogens with two attached hydrogens (primary N) is 1. The first-order chi connectivity index (χ1) is 6.36. The van der Waals surface area contributed by atoms with Crippen LogP contribution in [0.5, 0.6) is 5.75 Å². The molecular weight excluding hydrogens is 166 g/mol. The van der Waals surface area contributed by atoms with Crippen LogP contribution in [0.4, 0.5) is 0 Å². The van der Waals surface area contributed by atoms with Gasteiger partial charge in [-0.3, -0.25) is 0 Å². The third-order valence-electron chi connectivity index (χ3n) is 1.89. The zero-order valence-corrected chi connectivity index (χ0v) is 7.82. The minimum atomic E-state index is 0.603. The zero-order chi connectivity index (χ0) is 9.52. The summed E-state index contributed by atoms with van der Waals surface area (Å²) in [7, 11) is 1.66. The van der Waals surface area contributed by atoms with E-state index < -0.39 is 0 Å². The van der Waals surface area contributed by atoms with Crippen LogP contribution in [-0.4, -0.2) is 13.7 Å². The second-order valence-electron chi connectivity index (χ2n) is 2.82. The first kappa shape index (κ1) is 10.0. The maximum atomic E-state index is 5.05. The molecule has 0 fully saturated rings. The second-order valence-corrected chi connectivity index (χ2v) is 2.82. The van der Waals surface area contributed by atoms with E-state index in [1.54, 1.807) is 7.11 Å². The molecular formula is C10H15NO2. The van der Waals surface area contributed by atoms with Crippen molar-refractivity contribution in [2.24, 2.45) is 5.90 Å². The van der Waals surface area contributed by atoms with Crippen molar-refractivity contribution in [2.75, 3.05) is 13.7 Å². The van der Waals surface area contributed by atoms with Gasteiger partial charge < -0.3 is 9.57 Å². The van der Waals surface area contributed by atoms with Gasteiger partial charge in [0.2, 0.25) is 0 Å². The lowest BCUT2D eigenvalue weighted by Crippen LogP contribution is -2.01. The Bertz CT molecular complexity index is 233. The lowest BCUT2D eigenvalue weighted by Gasteiger charge is -2.02. The maximum absolute atomic E-state index is 5.05. The van der Waals surface area contributed by atoms with Crippen LogP contribution < -0.4 is 10.6 Å². The Balaban J connectivity index is 2.40. The van der Waals surface area contributed by atoms with E-state index >= 15 is 0 Å². The first-order valence-electron chi connectivity index (χ1n) is 4.31. The van der Waals surface area contributed by atoms with Crippen LogP contribution in [0.1, 0.15) is 12.0 Å². The SMILES string of the molecule is COc1ccc(CCCON)cc1. The summed E-state index contributed by atoms with van der Waals surface area (Å²) in [4.78, 5) is 4.48. The molecule has 0 bridgehead atoms. The molecule has 3 nitrogen and oxygen atoms in total. The van der Waals surface area contributed by atoms with Crippen LogP contribution >= 0.6 is 0 Å². The van der Waals surface area contributed by atoms with E-state index in [0.29, 0.717) is 6.61 Å². The highest BCUT2D eigenvalue weighted by molar-refractivity contribution is 5.27. The van der Waals surface area contributed by atoms with Crippen molar-refractivity contribution >= 4 is 0 Å². The minimum Gasteiger partial charge on any atom is -0.497 e. The van der Waals surface area contributed by atoms with Gasteiger partial charge in [0.05, 0.1) is 13.7 Å². The Morgan fingerprint density at radius 3 is 2.46 bits per heavy atom. The van der Waals surface area contributed by atoms with Gasteiger partial charge in [0.1, 0.15) is 5.75 Å². The zero-order valence-electron chi connectivity index (χ0n) is 7.82. The molecule has 0 unspecified atom stereocenters. The van der Waals surface area contributed by atoms with Crippen molar-refractivity contribution in [3.63, 3.8) is 0 Å². The van der Waals surface area contributed by atoms with E-state index in [1.165, 1.54) is 5.56 Å². The monoisotopic (exact) mass is 181 g/mol. The largest absolute Gasteiger partial charge is 0.497 e. The Morgan fingerprint density at radius 1 is 1.23 bits per heavy atom. The molecule has 1 aromatic carbocycles. The lowest BCUT2D eigenvalue weighted by atomic mass is 10.1. The van der Waals surface area contributed by atoms with Gasteiger partial charge in [0, 0.05) is 0 Å². The number of methoxy groups -OCH3 is 1. The maximum Gasteiger partial charge on any atom is 0.118 e. The van der Waals surface area contributed by atoms with Crippen molar-refractivity contribution in [1.82, 2.24) is 0 Å². The molecule has 0 heterocycles. The molecule has 0 aliphatic carbocycles. The van der Waals surface area contributed by atoms with Gasteiger partial charge in [-0.2, -0.15) is 0 Å². The van der Waals surface area contributed by atoms with Crippen molar-refractivity contribution in [2.45, 2.75) is 12.8 Å². The van der Waals surface area contributed by atoms with Crippen molar-refractivity contribution in [3.05, 3.63) is 29.8 Å². The molecule has 0 radical (unpaired) electrons. The summed E-state index contributed by atoms with van der Waals surface area (Å²) in [6, 6.07) is 8.02. The predicted molar refractivity (Wildman–Crippen MR) is 51.5 cm³/mol. The molecule has 0 spiro atoms. The summed E-state index contributed by atoms with van der Waals surface area (Å²) in [6.45, 7) is 0.603. The molecule has 0 aromatic heterocycles. The molecule has 2 N–H and O–H groups in total. The van der Waals surface area contributed by atoms with Gasteiger partial charge in [-0.1, -0.05) is 12.1 Å². The highest BCUT2D eigenvalue weighted by Crippen LogP contribution is 2.12. The predicted octanol–water partition coefficient (Wildman–Crippen LogP) is 1.52. The Hall–Kier alpha value is -1.06. The fourth-order valence-corrected chi connectivity index (χ4v) is 1.15. The number of benzene rings is 1. The fraction of sp³-hybridized carbons (Fsp3) is 0.400. The number of aryl methyl sites for hydroxylation is 1. The fourth-order valence-electron chi connectivity index (χ4n) is 1.15. The molecule has 72 valence electrons. The lowest BCUT2D eigenvalue weighted by molar-refractivity contribution is 0.135. The van der Waals surface area contributed by atoms with Gasteiger partial charge >= 0.3 is 0 Å². The summed E-state index contributed by atoms with van der Waals surface area (Å²) in [5.74, 6) is 5.81. The van der Waals surface area contributed by atoms with Gasteiger partial charge in [-0.15, -0.1) is 0 Å². The van der Waals surface area contributed by atoms with E-state index in [0.717, 1.165) is 18.6 Å². The summed E-state index contributed by atoms with van der Waals surface area (Å²) < 4.78 is 5.05. The summed E-state index contributed by atoms with van der Waals surface area (Å²) in [6.07, 6.45) is 1.93. The van der Waals surface area contributed by atoms with Crippen LogP contribution in [0.2, 0.25) is 0 Å². The third-order valence-corrected chi connectivity index (χ3v) is 1.89. The van der Waals surface area contributed by atoms with E-state index in [1.807, 2.05) is 12.1 Å². The van der Waals surface area contributed by atoms with E-state index in [4.69, 9.17) is 10.6 Å².